The van der Waals surface area contributed by atoms with Crippen molar-refractivity contribution < 1.29 is 4.92 Å². The topological polar surface area (TPSA) is 67.2 Å². The molecule has 1 saturated carbocycles. The molecule has 0 spiro atoms. The molecule has 1 fully saturated rings. The molecule has 2 aliphatic rings. The fourth-order valence-electron chi connectivity index (χ4n) is 4.39. The zero-order chi connectivity index (χ0) is 17.9. The van der Waals surface area contributed by atoms with Crippen molar-refractivity contribution in [3.63, 3.8) is 0 Å². The largest absolute Gasteiger partial charge is 0.377 e. The third-order valence-corrected chi connectivity index (χ3v) is 5.71. The molecule has 2 aliphatic carbocycles. The zero-order valence-electron chi connectivity index (χ0n) is 14.9. The lowest BCUT2D eigenvalue weighted by Gasteiger charge is -2.32. The number of nitro groups is 1. The summed E-state index contributed by atoms with van der Waals surface area (Å²) in [5.41, 5.74) is 3.77. The Morgan fingerprint density at radius 3 is 2.04 bits per heavy atom. The predicted octanol–water partition coefficient (Wildman–Crippen LogP) is 4.07. The molecular weight excluding hydrogens is 326 g/mol. The number of hydrogen-bond acceptors (Lipinski definition) is 4. The first kappa shape index (κ1) is 17.0. The van der Waals surface area contributed by atoms with Crippen LogP contribution in [0.25, 0.3) is 0 Å². The lowest BCUT2D eigenvalue weighted by molar-refractivity contribution is -0.384. The highest BCUT2D eigenvalue weighted by Crippen LogP contribution is 2.29. The number of anilines is 1. The third kappa shape index (κ3) is 3.73. The highest BCUT2D eigenvalue weighted by molar-refractivity contribution is 5.61. The summed E-state index contributed by atoms with van der Waals surface area (Å²) in [5, 5.41) is 18.4. The Morgan fingerprint density at radius 1 is 0.808 bits per heavy atom. The van der Waals surface area contributed by atoms with Gasteiger partial charge in [-0.2, -0.15) is 0 Å². The number of nitrogens with zero attached hydrogens (tertiary/aromatic N) is 1. The van der Waals surface area contributed by atoms with E-state index in [1.54, 1.807) is 18.2 Å². The summed E-state index contributed by atoms with van der Waals surface area (Å²) in [6, 6.07) is 17.1. The summed E-state index contributed by atoms with van der Waals surface area (Å²) in [5.74, 6) is 0. The Labute approximate surface area is 154 Å². The second-order valence-electron chi connectivity index (χ2n) is 7.51. The Bertz CT molecular complexity index is 759. The molecule has 0 atom stereocenters. The van der Waals surface area contributed by atoms with E-state index in [0.717, 1.165) is 38.5 Å². The van der Waals surface area contributed by atoms with Crippen LogP contribution in [0, 0.1) is 10.1 Å². The van der Waals surface area contributed by atoms with Crippen molar-refractivity contribution in [3.8, 4) is 0 Å². The van der Waals surface area contributed by atoms with Crippen molar-refractivity contribution in [1.82, 2.24) is 5.32 Å². The summed E-state index contributed by atoms with van der Waals surface area (Å²) in [7, 11) is 0. The number of para-hydroxylation sites is 2. The fraction of sp³-hybridized carbons (Fsp3) is 0.429. The average molecular weight is 351 g/mol. The van der Waals surface area contributed by atoms with Crippen molar-refractivity contribution in [2.45, 2.75) is 56.7 Å². The van der Waals surface area contributed by atoms with E-state index in [2.05, 4.69) is 34.9 Å². The number of nitrogens with one attached hydrogen (secondary N) is 2. The zero-order valence-corrected chi connectivity index (χ0v) is 14.9. The molecule has 2 aromatic carbocycles. The smallest absolute Gasteiger partial charge is 0.292 e. The average Bonchev–Trinajstić information content (AvgIpc) is 3.06. The van der Waals surface area contributed by atoms with Crippen LogP contribution >= 0.6 is 0 Å². The van der Waals surface area contributed by atoms with Gasteiger partial charge in [0.05, 0.1) is 4.92 Å². The van der Waals surface area contributed by atoms with Crippen LogP contribution in [0.2, 0.25) is 0 Å². The number of benzene rings is 2. The molecule has 2 N–H and O–H groups in total. The first-order valence-corrected chi connectivity index (χ1v) is 9.52. The molecule has 0 heterocycles. The molecule has 26 heavy (non-hydrogen) atoms. The number of hydrogen-bond donors (Lipinski definition) is 2. The third-order valence-electron chi connectivity index (χ3n) is 5.71. The molecule has 0 radical (unpaired) electrons. The van der Waals surface area contributed by atoms with Crippen molar-refractivity contribution in [3.05, 3.63) is 69.8 Å². The van der Waals surface area contributed by atoms with Crippen LogP contribution in [0.3, 0.4) is 0 Å². The SMILES string of the molecule is O=[N+]([O-])c1ccccc1N[C@H]1CC[C@@H](NC2Cc3ccccc3C2)CC1. The summed E-state index contributed by atoms with van der Waals surface area (Å²) >= 11 is 0. The predicted molar refractivity (Wildman–Crippen MR) is 104 cm³/mol. The molecular formula is C21H25N3O2. The minimum Gasteiger partial charge on any atom is -0.377 e. The highest BCUT2D eigenvalue weighted by atomic mass is 16.6. The van der Waals surface area contributed by atoms with Gasteiger partial charge in [-0.1, -0.05) is 36.4 Å². The monoisotopic (exact) mass is 351 g/mol. The second-order valence-corrected chi connectivity index (χ2v) is 7.51. The van der Waals surface area contributed by atoms with Gasteiger partial charge < -0.3 is 10.6 Å². The summed E-state index contributed by atoms with van der Waals surface area (Å²) in [6.07, 6.45) is 6.58. The van der Waals surface area contributed by atoms with E-state index in [1.807, 2.05) is 6.07 Å². The molecule has 0 aromatic heterocycles. The van der Waals surface area contributed by atoms with Gasteiger partial charge in [0.15, 0.2) is 0 Å². The minimum absolute atomic E-state index is 0.163. The van der Waals surface area contributed by atoms with Gasteiger partial charge in [-0.05, 0) is 55.7 Å². The Kier molecular flexibility index (Phi) is 4.89. The molecule has 4 rings (SSSR count). The molecule has 0 aliphatic heterocycles. The lowest BCUT2D eigenvalue weighted by atomic mass is 9.90. The first-order chi connectivity index (χ1) is 12.7. The number of nitro benzene ring substituents is 1. The summed E-state index contributed by atoms with van der Waals surface area (Å²) in [6.45, 7) is 0. The minimum atomic E-state index is -0.312. The van der Waals surface area contributed by atoms with E-state index in [9.17, 15) is 10.1 Å². The number of rotatable bonds is 5. The maximum Gasteiger partial charge on any atom is 0.292 e. The second kappa shape index (κ2) is 7.46. The normalized spacial score (nSPS) is 22.8. The quantitative estimate of drug-likeness (QED) is 0.629. The van der Waals surface area contributed by atoms with E-state index < -0.39 is 0 Å². The Hall–Kier alpha value is -2.40. The van der Waals surface area contributed by atoms with Gasteiger partial charge in [0.2, 0.25) is 0 Å². The molecule has 0 unspecified atom stereocenters. The first-order valence-electron chi connectivity index (χ1n) is 9.52. The van der Waals surface area contributed by atoms with Gasteiger partial charge in [0.1, 0.15) is 5.69 Å². The van der Waals surface area contributed by atoms with Crippen LogP contribution in [0.5, 0.6) is 0 Å². The van der Waals surface area contributed by atoms with E-state index in [4.69, 9.17) is 0 Å². The lowest BCUT2D eigenvalue weighted by Crippen LogP contribution is -2.42. The van der Waals surface area contributed by atoms with Gasteiger partial charge in [-0.25, -0.2) is 0 Å². The highest BCUT2D eigenvalue weighted by Gasteiger charge is 2.27. The fourth-order valence-corrected chi connectivity index (χ4v) is 4.39. The van der Waals surface area contributed by atoms with E-state index in [-0.39, 0.29) is 10.6 Å². The summed E-state index contributed by atoms with van der Waals surface area (Å²) in [4.78, 5) is 10.8. The van der Waals surface area contributed by atoms with Gasteiger partial charge >= 0.3 is 0 Å². The van der Waals surface area contributed by atoms with Gasteiger partial charge in [0.25, 0.3) is 5.69 Å². The van der Waals surface area contributed by atoms with Gasteiger partial charge in [0, 0.05) is 24.2 Å². The molecule has 0 bridgehead atoms. The summed E-state index contributed by atoms with van der Waals surface area (Å²) < 4.78 is 0. The van der Waals surface area contributed by atoms with Crippen LogP contribution in [0.4, 0.5) is 11.4 Å². The Morgan fingerprint density at radius 2 is 1.38 bits per heavy atom. The van der Waals surface area contributed by atoms with Gasteiger partial charge in [-0.15, -0.1) is 0 Å². The standard InChI is InChI=1S/C21H25N3O2/c25-24(26)21-8-4-3-7-20(21)23-18-11-9-17(10-12-18)22-19-13-15-5-1-2-6-16(15)14-19/h1-8,17-19,22-23H,9-14H2/t17-,18+. The van der Waals surface area contributed by atoms with Crippen LogP contribution in [-0.4, -0.2) is 23.0 Å². The molecule has 5 heteroatoms. The molecule has 5 nitrogen and oxygen atoms in total. The van der Waals surface area contributed by atoms with Crippen molar-refractivity contribution in [2.75, 3.05) is 5.32 Å². The van der Waals surface area contributed by atoms with Crippen molar-refractivity contribution in [2.24, 2.45) is 0 Å². The van der Waals surface area contributed by atoms with Gasteiger partial charge in [-0.3, -0.25) is 10.1 Å². The number of fused-ring (bicyclic) bond motifs is 1. The Balaban J connectivity index is 1.28. The molecule has 136 valence electrons. The molecule has 0 amide bonds. The van der Waals surface area contributed by atoms with E-state index >= 15 is 0 Å². The van der Waals surface area contributed by atoms with Crippen LogP contribution < -0.4 is 10.6 Å². The maximum absolute atomic E-state index is 11.2. The molecule has 0 saturated heterocycles. The van der Waals surface area contributed by atoms with Crippen LogP contribution in [-0.2, 0) is 12.8 Å². The van der Waals surface area contributed by atoms with Crippen molar-refractivity contribution >= 4 is 11.4 Å². The van der Waals surface area contributed by atoms with Crippen LogP contribution in [0.15, 0.2) is 48.5 Å². The van der Waals surface area contributed by atoms with E-state index in [0.29, 0.717) is 23.8 Å². The maximum atomic E-state index is 11.2. The molecule has 2 aromatic rings. The van der Waals surface area contributed by atoms with Crippen LogP contribution in [0.1, 0.15) is 36.8 Å². The van der Waals surface area contributed by atoms with Crippen molar-refractivity contribution in [1.29, 1.82) is 0 Å². The van der Waals surface area contributed by atoms with E-state index in [1.165, 1.54) is 11.1 Å².